The topological polar surface area (TPSA) is 41.9 Å². The fourth-order valence-electron chi connectivity index (χ4n) is 2.37. The Labute approximate surface area is 140 Å². The summed E-state index contributed by atoms with van der Waals surface area (Å²) in [6.45, 7) is 5.87. The molecule has 4 nitrogen and oxygen atoms in total. The van der Waals surface area contributed by atoms with Gasteiger partial charge in [0.15, 0.2) is 0 Å². The number of aromatic nitrogens is 3. The van der Waals surface area contributed by atoms with E-state index in [4.69, 9.17) is 0 Å². The van der Waals surface area contributed by atoms with Crippen LogP contribution >= 0.6 is 11.3 Å². The summed E-state index contributed by atoms with van der Waals surface area (Å²) in [5.74, 6) is 0. The summed E-state index contributed by atoms with van der Waals surface area (Å²) in [6.07, 6.45) is 7.29. The molecule has 0 aliphatic rings. The van der Waals surface area contributed by atoms with Crippen molar-refractivity contribution >= 4 is 23.1 Å². The molecule has 0 N–H and O–H groups in total. The van der Waals surface area contributed by atoms with Crippen molar-refractivity contribution in [1.29, 1.82) is 0 Å². The highest BCUT2D eigenvalue weighted by Gasteiger charge is 2.14. The maximum Gasteiger partial charge on any atom is 0.125 e. The third-order valence-corrected chi connectivity index (χ3v) is 4.78. The second-order valence-electron chi connectivity index (χ2n) is 5.40. The van der Waals surface area contributed by atoms with Crippen LogP contribution in [0.15, 0.2) is 43.4 Å². The molecule has 3 aromatic heterocycles. The van der Waals surface area contributed by atoms with Crippen molar-refractivity contribution in [2.75, 3.05) is 19.0 Å². The first-order chi connectivity index (χ1) is 11.1. The van der Waals surface area contributed by atoms with Crippen LogP contribution in [0.2, 0.25) is 0 Å². The first kappa shape index (κ1) is 15.4. The van der Waals surface area contributed by atoms with Gasteiger partial charge in [-0.05, 0) is 25.1 Å². The van der Waals surface area contributed by atoms with E-state index in [2.05, 4.69) is 32.5 Å². The van der Waals surface area contributed by atoms with Gasteiger partial charge in [0.25, 0.3) is 0 Å². The summed E-state index contributed by atoms with van der Waals surface area (Å²) in [6, 6.07) is 6.03. The quantitative estimate of drug-likeness (QED) is 0.719. The lowest BCUT2D eigenvalue weighted by molar-refractivity contribution is 1.11. The van der Waals surface area contributed by atoms with E-state index in [9.17, 15) is 0 Å². The van der Waals surface area contributed by atoms with Crippen LogP contribution in [0.4, 0.5) is 5.69 Å². The number of rotatable bonds is 4. The van der Waals surface area contributed by atoms with Crippen LogP contribution in [0.3, 0.4) is 0 Å². The van der Waals surface area contributed by atoms with Gasteiger partial charge in [-0.1, -0.05) is 12.7 Å². The monoisotopic (exact) mass is 322 g/mol. The number of aryl methyl sites for hydroxylation is 1. The molecule has 116 valence electrons. The van der Waals surface area contributed by atoms with Gasteiger partial charge in [0, 0.05) is 49.5 Å². The van der Waals surface area contributed by atoms with Gasteiger partial charge >= 0.3 is 0 Å². The van der Waals surface area contributed by atoms with Gasteiger partial charge in [-0.3, -0.25) is 9.97 Å². The van der Waals surface area contributed by atoms with Gasteiger partial charge in [0.05, 0.1) is 16.3 Å². The second-order valence-corrected chi connectivity index (χ2v) is 6.40. The van der Waals surface area contributed by atoms with Crippen molar-refractivity contribution in [3.05, 3.63) is 54.6 Å². The van der Waals surface area contributed by atoms with E-state index in [0.717, 1.165) is 38.1 Å². The Bertz CT molecular complexity index is 837. The third-order valence-electron chi connectivity index (χ3n) is 3.55. The van der Waals surface area contributed by atoms with Crippen molar-refractivity contribution in [3.63, 3.8) is 0 Å². The van der Waals surface area contributed by atoms with Crippen LogP contribution in [0.1, 0.15) is 11.3 Å². The molecule has 3 heterocycles. The van der Waals surface area contributed by atoms with Crippen molar-refractivity contribution in [3.8, 4) is 21.1 Å². The molecule has 3 rings (SSSR count). The molecule has 0 fully saturated rings. The minimum Gasteiger partial charge on any atom is -0.377 e. The number of hydrogen-bond donors (Lipinski definition) is 0. The van der Waals surface area contributed by atoms with Crippen LogP contribution in [0.5, 0.6) is 0 Å². The van der Waals surface area contributed by atoms with E-state index in [0.29, 0.717) is 0 Å². The molecule has 0 aromatic carbocycles. The molecular weight excluding hydrogens is 304 g/mol. The molecule has 0 aliphatic heterocycles. The van der Waals surface area contributed by atoms with E-state index in [1.54, 1.807) is 17.5 Å². The summed E-state index contributed by atoms with van der Waals surface area (Å²) in [4.78, 5) is 16.6. The number of anilines is 1. The third kappa shape index (κ3) is 3.00. The number of thiazole rings is 1. The fraction of sp³-hybridized carbons (Fsp3) is 0.167. The zero-order valence-electron chi connectivity index (χ0n) is 13.4. The lowest BCUT2D eigenvalue weighted by Crippen LogP contribution is -2.10. The molecule has 0 atom stereocenters. The van der Waals surface area contributed by atoms with Crippen molar-refractivity contribution in [1.82, 2.24) is 15.0 Å². The lowest BCUT2D eigenvalue weighted by Gasteiger charge is -2.16. The molecular formula is C18H18N4S. The molecule has 23 heavy (non-hydrogen) atoms. The summed E-state index contributed by atoms with van der Waals surface area (Å²) >= 11 is 1.64. The molecule has 0 spiro atoms. The highest BCUT2D eigenvalue weighted by atomic mass is 32.1. The molecule has 0 radical (unpaired) electrons. The van der Waals surface area contributed by atoms with Gasteiger partial charge in [-0.25, -0.2) is 4.98 Å². The standard InChI is InChI=1S/C18H18N4S/c1-5-13-11-20-15(9-16(13)22(3)4)17-12(2)21-18(23-17)14-7-6-8-19-10-14/h5-11H,1H2,2-4H3. The smallest absolute Gasteiger partial charge is 0.125 e. The minimum absolute atomic E-state index is 0.935. The van der Waals surface area contributed by atoms with Gasteiger partial charge < -0.3 is 4.90 Å². The predicted molar refractivity (Wildman–Crippen MR) is 97.7 cm³/mol. The van der Waals surface area contributed by atoms with Crippen LogP contribution in [0, 0.1) is 6.92 Å². The summed E-state index contributed by atoms with van der Waals surface area (Å²) in [5, 5.41) is 0.964. The SMILES string of the molecule is C=Cc1cnc(-c2sc(-c3cccnc3)nc2C)cc1N(C)C. The average molecular weight is 322 g/mol. The van der Waals surface area contributed by atoms with Crippen molar-refractivity contribution in [2.24, 2.45) is 0 Å². The van der Waals surface area contributed by atoms with E-state index in [1.807, 2.05) is 51.6 Å². The average Bonchev–Trinajstić information content (AvgIpc) is 2.97. The molecule has 3 aromatic rings. The molecule has 0 amide bonds. The van der Waals surface area contributed by atoms with E-state index in [-0.39, 0.29) is 0 Å². The molecule has 0 saturated carbocycles. The summed E-state index contributed by atoms with van der Waals surface area (Å²) in [5.41, 5.74) is 5.07. The maximum atomic E-state index is 4.68. The Morgan fingerprint density at radius 2 is 2.09 bits per heavy atom. The minimum atomic E-state index is 0.935. The molecule has 0 unspecified atom stereocenters. The highest BCUT2D eigenvalue weighted by Crippen LogP contribution is 2.35. The maximum absolute atomic E-state index is 4.68. The summed E-state index contributed by atoms with van der Waals surface area (Å²) in [7, 11) is 4.04. The largest absolute Gasteiger partial charge is 0.377 e. The van der Waals surface area contributed by atoms with Crippen molar-refractivity contribution < 1.29 is 0 Å². The van der Waals surface area contributed by atoms with E-state index < -0.39 is 0 Å². The van der Waals surface area contributed by atoms with E-state index >= 15 is 0 Å². The van der Waals surface area contributed by atoms with Crippen LogP contribution < -0.4 is 4.90 Å². The zero-order chi connectivity index (χ0) is 16.4. The number of nitrogens with zero attached hydrogens (tertiary/aromatic N) is 4. The highest BCUT2D eigenvalue weighted by molar-refractivity contribution is 7.18. The fourth-order valence-corrected chi connectivity index (χ4v) is 3.39. The zero-order valence-corrected chi connectivity index (χ0v) is 14.3. The molecule has 0 saturated heterocycles. The van der Waals surface area contributed by atoms with Gasteiger partial charge in [-0.15, -0.1) is 11.3 Å². The Balaban J connectivity index is 2.08. The number of hydrogen-bond acceptors (Lipinski definition) is 5. The Hall–Kier alpha value is -2.53. The van der Waals surface area contributed by atoms with Gasteiger partial charge in [0.2, 0.25) is 0 Å². The molecule has 0 aliphatic carbocycles. The van der Waals surface area contributed by atoms with Gasteiger partial charge in [-0.2, -0.15) is 0 Å². The van der Waals surface area contributed by atoms with E-state index in [1.165, 1.54) is 0 Å². The number of pyridine rings is 2. The molecule has 5 heteroatoms. The normalized spacial score (nSPS) is 10.6. The Kier molecular flexibility index (Phi) is 4.21. The second kappa shape index (κ2) is 6.30. The van der Waals surface area contributed by atoms with Crippen LogP contribution in [0.25, 0.3) is 27.2 Å². The Morgan fingerprint density at radius 1 is 1.26 bits per heavy atom. The predicted octanol–water partition coefficient (Wildman–Crippen LogP) is 4.28. The lowest BCUT2D eigenvalue weighted by atomic mass is 10.1. The Morgan fingerprint density at radius 3 is 2.74 bits per heavy atom. The van der Waals surface area contributed by atoms with Gasteiger partial charge in [0.1, 0.15) is 5.01 Å². The van der Waals surface area contributed by atoms with Crippen LogP contribution in [-0.4, -0.2) is 29.0 Å². The van der Waals surface area contributed by atoms with Crippen molar-refractivity contribution in [2.45, 2.75) is 6.92 Å². The van der Waals surface area contributed by atoms with Crippen LogP contribution in [-0.2, 0) is 0 Å². The molecule has 0 bridgehead atoms. The first-order valence-corrected chi connectivity index (χ1v) is 8.10. The first-order valence-electron chi connectivity index (χ1n) is 7.28. The summed E-state index contributed by atoms with van der Waals surface area (Å²) < 4.78 is 0.